The summed E-state index contributed by atoms with van der Waals surface area (Å²) >= 11 is 0. The Balaban J connectivity index is 3.13. The van der Waals surface area contributed by atoms with Crippen molar-refractivity contribution >= 4 is 6.29 Å². The van der Waals surface area contributed by atoms with Crippen molar-refractivity contribution < 1.29 is 18.3 Å². The Bertz CT molecular complexity index is 315. The third-order valence-corrected chi connectivity index (χ3v) is 1.49. The van der Waals surface area contributed by atoms with Gasteiger partial charge in [-0.3, -0.25) is 9.78 Å². The Morgan fingerprint density at radius 2 is 2.31 bits per heavy atom. The molecule has 0 saturated carbocycles. The summed E-state index contributed by atoms with van der Waals surface area (Å²) in [4.78, 5) is 13.8. The number of aromatic nitrogens is 1. The van der Waals surface area contributed by atoms with Crippen molar-refractivity contribution in [1.82, 2.24) is 4.98 Å². The van der Waals surface area contributed by atoms with Crippen LogP contribution in [0, 0.1) is 0 Å². The molecule has 3 nitrogen and oxygen atoms in total. The maximum Gasteiger partial charge on any atom is 0.280 e. The molecule has 13 heavy (non-hydrogen) atoms. The van der Waals surface area contributed by atoms with Gasteiger partial charge >= 0.3 is 0 Å². The number of ether oxygens (including phenoxy) is 1. The summed E-state index contributed by atoms with van der Waals surface area (Å²) in [5.41, 5.74) is -0.351. The number of methoxy groups -OCH3 is 1. The summed E-state index contributed by atoms with van der Waals surface area (Å²) in [6.45, 7) is 0. The molecule has 0 saturated heterocycles. The van der Waals surface area contributed by atoms with Gasteiger partial charge in [0.15, 0.2) is 6.29 Å². The predicted octanol–water partition coefficient (Wildman–Crippen LogP) is 1.84. The van der Waals surface area contributed by atoms with Gasteiger partial charge in [0.1, 0.15) is 11.4 Å². The van der Waals surface area contributed by atoms with E-state index in [9.17, 15) is 13.6 Å². The second-order valence-electron chi connectivity index (χ2n) is 2.27. The van der Waals surface area contributed by atoms with Crippen molar-refractivity contribution in [1.29, 1.82) is 0 Å². The third kappa shape index (κ3) is 1.99. The number of hydrogen-bond acceptors (Lipinski definition) is 3. The Kier molecular flexibility index (Phi) is 2.89. The zero-order valence-corrected chi connectivity index (χ0v) is 6.83. The average molecular weight is 187 g/mol. The van der Waals surface area contributed by atoms with Crippen LogP contribution in [0.2, 0.25) is 0 Å². The van der Waals surface area contributed by atoms with Crippen molar-refractivity contribution in [2.24, 2.45) is 0 Å². The third-order valence-electron chi connectivity index (χ3n) is 1.49. The number of carbonyl (C=O) groups excluding carboxylic acids is 1. The minimum atomic E-state index is -2.68. The highest BCUT2D eigenvalue weighted by Gasteiger charge is 2.11. The molecule has 0 aliphatic carbocycles. The fourth-order valence-electron chi connectivity index (χ4n) is 0.857. The molecule has 0 fully saturated rings. The van der Waals surface area contributed by atoms with Crippen LogP contribution in [0.5, 0.6) is 5.75 Å². The van der Waals surface area contributed by atoms with E-state index in [1.807, 2.05) is 0 Å². The number of pyridine rings is 1. The average Bonchev–Trinajstić information content (AvgIpc) is 2.16. The molecule has 5 heteroatoms. The second-order valence-corrected chi connectivity index (χ2v) is 2.27. The van der Waals surface area contributed by atoms with E-state index in [4.69, 9.17) is 4.74 Å². The van der Waals surface area contributed by atoms with Gasteiger partial charge in [0.2, 0.25) is 0 Å². The van der Waals surface area contributed by atoms with E-state index in [0.717, 1.165) is 12.3 Å². The van der Waals surface area contributed by atoms with Crippen LogP contribution >= 0.6 is 0 Å². The van der Waals surface area contributed by atoms with Crippen molar-refractivity contribution in [3.05, 3.63) is 23.5 Å². The SMILES string of the molecule is COc1cnc(C(F)F)cc1C=O. The van der Waals surface area contributed by atoms with Crippen molar-refractivity contribution in [3.63, 3.8) is 0 Å². The lowest BCUT2D eigenvalue weighted by molar-refractivity contribution is 0.111. The van der Waals surface area contributed by atoms with Crippen molar-refractivity contribution in [2.75, 3.05) is 7.11 Å². The molecule has 0 aliphatic rings. The van der Waals surface area contributed by atoms with Gasteiger partial charge < -0.3 is 4.74 Å². The maximum atomic E-state index is 12.1. The second kappa shape index (κ2) is 3.93. The van der Waals surface area contributed by atoms with Crippen LogP contribution in [0.15, 0.2) is 12.3 Å². The normalized spacial score (nSPS) is 10.2. The number of carbonyl (C=O) groups is 1. The van der Waals surface area contributed by atoms with Crippen molar-refractivity contribution in [3.8, 4) is 5.75 Å². The highest BCUT2D eigenvalue weighted by atomic mass is 19.3. The van der Waals surface area contributed by atoms with Gasteiger partial charge in [-0.2, -0.15) is 0 Å². The summed E-state index contributed by atoms with van der Waals surface area (Å²) in [6, 6.07) is 1.01. The van der Waals surface area contributed by atoms with Crippen LogP contribution in [0.1, 0.15) is 22.5 Å². The Labute approximate surface area is 73.4 Å². The lowest BCUT2D eigenvalue weighted by Crippen LogP contribution is -1.96. The van der Waals surface area contributed by atoms with Crippen LogP contribution in [-0.2, 0) is 0 Å². The number of alkyl halides is 2. The molecular weight excluding hydrogens is 180 g/mol. The van der Waals surface area contributed by atoms with Gasteiger partial charge in [0.05, 0.1) is 18.9 Å². The Morgan fingerprint density at radius 3 is 2.77 bits per heavy atom. The molecular formula is C8H7F2NO2. The molecule has 0 radical (unpaired) electrons. The van der Waals surface area contributed by atoms with Crippen LogP contribution in [0.3, 0.4) is 0 Å². The number of nitrogens with zero attached hydrogens (tertiary/aromatic N) is 1. The van der Waals surface area contributed by atoms with Crippen LogP contribution in [0.25, 0.3) is 0 Å². The van der Waals surface area contributed by atoms with Gasteiger partial charge in [-0.15, -0.1) is 0 Å². The topological polar surface area (TPSA) is 39.2 Å². The molecule has 0 aliphatic heterocycles. The fraction of sp³-hybridized carbons (Fsp3) is 0.250. The first-order valence-corrected chi connectivity index (χ1v) is 3.46. The molecule has 0 unspecified atom stereocenters. The van der Waals surface area contributed by atoms with Gasteiger partial charge in [-0.05, 0) is 6.07 Å². The molecule has 0 aromatic carbocycles. The summed E-state index contributed by atoms with van der Waals surface area (Å²) in [5.74, 6) is 0.194. The Morgan fingerprint density at radius 1 is 1.62 bits per heavy atom. The van der Waals surface area contributed by atoms with Gasteiger partial charge in [0.25, 0.3) is 6.43 Å². The molecule has 1 rings (SSSR count). The first-order chi connectivity index (χ1) is 6.19. The molecule has 0 atom stereocenters. The molecule has 0 amide bonds. The standard InChI is InChI=1S/C8H7F2NO2/c1-13-7-3-11-6(8(9)10)2-5(7)4-12/h2-4,8H,1H3. The van der Waals surface area contributed by atoms with E-state index in [0.29, 0.717) is 6.29 Å². The zero-order chi connectivity index (χ0) is 9.84. The summed E-state index contributed by atoms with van der Waals surface area (Å²) in [7, 11) is 1.34. The Hall–Kier alpha value is -1.52. The summed E-state index contributed by atoms with van der Waals surface area (Å²) < 4.78 is 28.9. The maximum absolute atomic E-state index is 12.1. The van der Waals surface area contributed by atoms with Crippen molar-refractivity contribution in [2.45, 2.75) is 6.43 Å². The minimum Gasteiger partial charge on any atom is -0.494 e. The van der Waals surface area contributed by atoms with Gasteiger partial charge in [0, 0.05) is 0 Å². The lowest BCUT2D eigenvalue weighted by Gasteiger charge is -2.04. The molecule has 0 spiro atoms. The first-order valence-electron chi connectivity index (χ1n) is 3.46. The van der Waals surface area contributed by atoms with E-state index in [2.05, 4.69) is 4.98 Å². The molecule has 70 valence electrons. The number of halogens is 2. The molecule has 0 N–H and O–H groups in total. The molecule has 1 aromatic rings. The van der Waals surface area contributed by atoms with Gasteiger partial charge in [-0.25, -0.2) is 8.78 Å². The van der Waals surface area contributed by atoms with E-state index < -0.39 is 12.1 Å². The summed E-state index contributed by atoms with van der Waals surface area (Å²) in [5, 5.41) is 0. The fourth-order valence-corrected chi connectivity index (χ4v) is 0.857. The minimum absolute atomic E-state index is 0.0767. The largest absolute Gasteiger partial charge is 0.494 e. The van der Waals surface area contributed by atoms with E-state index >= 15 is 0 Å². The lowest BCUT2D eigenvalue weighted by atomic mass is 10.2. The van der Waals surface area contributed by atoms with Crippen LogP contribution < -0.4 is 4.74 Å². The van der Waals surface area contributed by atoms with E-state index in [-0.39, 0.29) is 11.3 Å². The number of rotatable bonds is 3. The highest BCUT2D eigenvalue weighted by Crippen LogP contribution is 2.21. The number of hydrogen-bond donors (Lipinski definition) is 0. The smallest absolute Gasteiger partial charge is 0.280 e. The first kappa shape index (κ1) is 9.57. The summed E-state index contributed by atoms with van der Waals surface area (Å²) in [6.07, 6.45) is -1.12. The van der Waals surface area contributed by atoms with Crippen LogP contribution in [0.4, 0.5) is 8.78 Å². The zero-order valence-electron chi connectivity index (χ0n) is 6.83. The molecule has 1 aromatic heterocycles. The number of aldehydes is 1. The predicted molar refractivity (Wildman–Crippen MR) is 41.1 cm³/mol. The van der Waals surface area contributed by atoms with E-state index in [1.54, 1.807) is 0 Å². The monoisotopic (exact) mass is 187 g/mol. The molecule has 1 heterocycles. The van der Waals surface area contributed by atoms with Crippen LogP contribution in [-0.4, -0.2) is 18.4 Å². The van der Waals surface area contributed by atoms with Gasteiger partial charge in [-0.1, -0.05) is 0 Å². The molecule has 0 bridgehead atoms. The quantitative estimate of drug-likeness (QED) is 0.677. The highest BCUT2D eigenvalue weighted by molar-refractivity contribution is 5.79. The van der Waals surface area contributed by atoms with E-state index in [1.165, 1.54) is 7.11 Å².